The molecule has 0 amide bonds. The monoisotopic (exact) mass is 279 g/mol. The van der Waals surface area contributed by atoms with Gasteiger partial charge in [0.15, 0.2) is 0 Å². The van der Waals surface area contributed by atoms with Crippen molar-refractivity contribution >= 4 is 5.97 Å². The van der Waals surface area contributed by atoms with Gasteiger partial charge in [-0.3, -0.25) is 0 Å². The van der Waals surface area contributed by atoms with E-state index in [0.29, 0.717) is 0 Å². The first-order chi connectivity index (χ1) is 8.79. The Morgan fingerprint density at radius 1 is 1.37 bits per heavy atom. The quantitative estimate of drug-likeness (QED) is 0.681. The highest BCUT2D eigenvalue weighted by Gasteiger charge is 2.37. The van der Waals surface area contributed by atoms with Crippen molar-refractivity contribution in [3.05, 3.63) is 35.4 Å². The number of benzene rings is 1. The van der Waals surface area contributed by atoms with Crippen molar-refractivity contribution in [2.75, 3.05) is 6.61 Å². The lowest BCUT2D eigenvalue weighted by Gasteiger charge is -2.20. The fraction of sp³-hybridized carbons (Fsp3) is 0.417. The Labute approximate surface area is 107 Å². The lowest BCUT2D eigenvalue weighted by atomic mass is 9.97. The molecule has 0 aliphatic rings. The standard InChI is InChI=1S/C12H13F4NO2/c1-2-19-11(18)9(13)10(17)7-5-3-4-6-8(7)12(14,15)16/h3-6,9-10H,2,17H2,1H3/t9?,10-/m1/s1. The van der Waals surface area contributed by atoms with E-state index in [9.17, 15) is 22.4 Å². The van der Waals surface area contributed by atoms with Gasteiger partial charge < -0.3 is 10.5 Å². The van der Waals surface area contributed by atoms with E-state index in [1.54, 1.807) is 0 Å². The summed E-state index contributed by atoms with van der Waals surface area (Å²) in [5.74, 6) is -1.27. The second-order valence-corrected chi connectivity index (χ2v) is 3.76. The van der Waals surface area contributed by atoms with Crippen LogP contribution in [0.4, 0.5) is 17.6 Å². The largest absolute Gasteiger partial charge is 0.464 e. The van der Waals surface area contributed by atoms with Gasteiger partial charge in [-0.25, -0.2) is 9.18 Å². The van der Waals surface area contributed by atoms with Crippen molar-refractivity contribution in [1.29, 1.82) is 0 Å². The van der Waals surface area contributed by atoms with Crippen LogP contribution in [-0.4, -0.2) is 18.7 Å². The molecule has 0 bridgehead atoms. The van der Waals surface area contributed by atoms with Crippen LogP contribution in [0.1, 0.15) is 24.1 Å². The summed E-state index contributed by atoms with van der Waals surface area (Å²) < 4.78 is 56.2. The summed E-state index contributed by atoms with van der Waals surface area (Å²) in [6.45, 7) is 1.38. The van der Waals surface area contributed by atoms with Crippen molar-refractivity contribution in [2.24, 2.45) is 5.73 Å². The van der Waals surface area contributed by atoms with E-state index in [1.807, 2.05) is 0 Å². The molecule has 2 atom stereocenters. The highest BCUT2D eigenvalue weighted by Crippen LogP contribution is 2.35. The first kappa shape index (κ1) is 15.4. The van der Waals surface area contributed by atoms with Gasteiger partial charge in [-0.2, -0.15) is 13.2 Å². The predicted octanol–water partition coefficient (Wildman–Crippen LogP) is 2.61. The summed E-state index contributed by atoms with van der Waals surface area (Å²) in [4.78, 5) is 11.2. The van der Waals surface area contributed by atoms with Crippen LogP contribution >= 0.6 is 0 Å². The van der Waals surface area contributed by atoms with Crippen molar-refractivity contribution in [1.82, 2.24) is 0 Å². The highest BCUT2D eigenvalue weighted by atomic mass is 19.4. The topological polar surface area (TPSA) is 52.3 Å². The Hall–Kier alpha value is -1.63. The molecule has 0 aliphatic heterocycles. The maximum absolute atomic E-state index is 13.7. The van der Waals surface area contributed by atoms with Crippen molar-refractivity contribution in [2.45, 2.75) is 25.3 Å². The van der Waals surface area contributed by atoms with Crippen molar-refractivity contribution in [3.63, 3.8) is 0 Å². The minimum atomic E-state index is -4.66. The second-order valence-electron chi connectivity index (χ2n) is 3.76. The average Bonchev–Trinajstić information content (AvgIpc) is 2.36. The summed E-state index contributed by atoms with van der Waals surface area (Å²) >= 11 is 0. The van der Waals surface area contributed by atoms with E-state index >= 15 is 0 Å². The van der Waals surface area contributed by atoms with Gasteiger partial charge in [-0.15, -0.1) is 0 Å². The van der Waals surface area contributed by atoms with Gasteiger partial charge in [-0.05, 0) is 18.6 Å². The van der Waals surface area contributed by atoms with E-state index in [-0.39, 0.29) is 6.61 Å². The molecule has 19 heavy (non-hydrogen) atoms. The van der Waals surface area contributed by atoms with Crippen LogP contribution < -0.4 is 5.73 Å². The lowest BCUT2D eigenvalue weighted by Crippen LogP contribution is -2.33. The summed E-state index contributed by atoms with van der Waals surface area (Å²) in [6, 6.07) is 2.56. The van der Waals surface area contributed by atoms with Gasteiger partial charge in [0.1, 0.15) is 0 Å². The molecule has 1 aromatic rings. The first-order valence-electron chi connectivity index (χ1n) is 5.51. The number of hydrogen-bond donors (Lipinski definition) is 1. The Kier molecular flexibility index (Phi) is 4.88. The van der Waals surface area contributed by atoms with Crippen molar-refractivity contribution in [3.8, 4) is 0 Å². The molecular formula is C12H13F4NO2. The molecule has 0 radical (unpaired) electrons. The third-order valence-corrected chi connectivity index (χ3v) is 2.45. The maximum atomic E-state index is 13.7. The third-order valence-electron chi connectivity index (χ3n) is 2.45. The van der Waals surface area contributed by atoms with E-state index in [2.05, 4.69) is 4.74 Å². The molecule has 0 heterocycles. The Bertz CT molecular complexity index is 448. The molecule has 2 N–H and O–H groups in total. The van der Waals surface area contributed by atoms with Crippen LogP contribution in [0.15, 0.2) is 24.3 Å². The van der Waals surface area contributed by atoms with Crippen LogP contribution in [0.2, 0.25) is 0 Å². The summed E-state index contributed by atoms with van der Waals surface area (Å²) in [6.07, 6.45) is -7.01. The zero-order valence-corrected chi connectivity index (χ0v) is 10.1. The first-order valence-corrected chi connectivity index (χ1v) is 5.51. The zero-order chi connectivity index (χ0) is 14.6. The molecule has 0 fully saturated rings. The number of carbonyl (C=O) groups is 1. The predicted molar refractivity (Wildman–Crippen MR) is 59.9 cm³/mol. The zero-order valence-electron chi connectivity index (χ0n) is 10.1. The Morgan fingerprint density at radius 2 is 1.95 bits per heavy atom. The van der Waals surface area contributed by atoms with E-state index in [0.717, 1.165) is 18.2 Å². The van der Waals surface area contributed by atoms with Gasteiger partial charge in [-0.1, -0.05) is 18.2 Å². The SMILES string of the molecule is CCOC(=O)C(F)[C@H](N)c1ccccc1C(F)(F)F. The fourth-order valence-electron chi connectivity index (χ4n) is 1.57. The van der Waals surface area contributed by atoms with E-state index in [4.69, 9.17) is 5.73 Å². The number of halogens is 4. The number of rotatable bonds is 4. The molecule has 0 spiro atoms. The van der Waals surface area contributed by atoms with Gasteiger partial charge in [0.05, 0.1) is 18.2 Å². The number of hydrogen-bond acceptors (Lipinski definition) is 3. The Balaban J connectivity index is 3.06. The number of esters is 1. The minimum Gasteiger partial charge on any atom is -0.464 e. The van der Waals surface area contributed by atoms with Gasteiger partial charge >= 0.3 is 12.1 Å². The molecule has 1 aromatic carbocycles. The van der Waals surface area contributed by atoms with Crippen LogP contribution in [0, 0.1) is 0 Å². The smallest absolute Gasteiger partial charge is 0.416 e. The number of ether oxygens (including phenoxy) is 1. The second kappa shape index (κ2) is 6.01. The van der Waals surface area contributed by atoms with E-state index in [1.165, 1.54) is 13.0 Å². The average molecular weight is 279 g/mol. The lowest BCUT2D eigenvalue weighted by molar-refractivity contribution is -0.150. The van der Waals surface area contributed by atoms with Crippen LogP contribution in [0.5, 0.6) is 0 Å². The number of carbonyl (C=O) groups excluding carboxylic acids is 1. The molecule has 0 aromatic heterocycles. The summed E-state index contributed by atoms with van der Waals surface area (Å²) in [5.41, 5.74) is 3.85. The minimum absolute atomic E-state index is 0.0765. The molecule has 0 aliphatic carbocycles. The molecule has 106 valence electrons. The van der Waals surface area contributed by atoms with Gasteiger partial charge in [0.2, 0.25) is 6.17 Å². The third kappa shape index (κ3) is 3.66. The van der Waals surface area contributed by atoms with Gasteiger partial charge in [0, 0.05) is 0 Å². The van der Waals surface area contributed by atoms with Crippen molar-refractivity contribution < 1.29 is 27.1 Å². The highest BCUT2D eigenvalue weighted by molar-refractivity contribution is 5.75. The number of nitrogens with two attached hydrogens (primary N) is 1. The summed E-state index contributed by atoms with van der Waals surface area (Å²) in [7, 11) is 0. The summed E-state index contributed by atoms with van der Waals surface area (Å²) in [5, 5.41) is 0. The van der Waals surface area contributed by atoms with Crippen LogP contribution in [0.25, 0.3) is 0 Å². The van der Waals surface area contributed by atoms with Gasteiger partial charge in [0.25, 0.3) is 0 Å². The normalized spacial score (nSPS) is 14.8. The Morgan fingerprint density at radius 3 is 2.47 bits per heavy atom. The fourth-order valence-corrected chi connectivity index (χ4v) is 1.57. The molecule has 3 nitrogen and oxygen atoms in total. The maximum Gasteiger partial charge on any atom is 0.416 e. The van der Waals surface area contributed by atoms with Crippen LogP contribution in [-0.2, 0) is 15.7 Å². The molecule has 7 heteroatoms. The van der Waals surface area contributed by atoms with E-state index < -0.39 is 35.5 Å². The molecule has 0 saturated heterocycles. The molecule has 1 unspecified atom stereocenters. The molecule has 0 saturated carbocycles. The molecule has 1 rings (SSSR count). The molecular weight excluding hydrogens is 266 g/mol. The van der Waals surface area contributed by atoms with Crippen LogP contribution in [0.3, 0.4) is 0 Å². The number of alkyl halides is 4.